The van der Waals surface area contributed by atoms with Crippen LogP contribution in [0.15, 0.2) is 29.2 Å². The summed E-state index contributed by atoms with van der Waals surface area (Å²) >= 11 is 0. The predicted octanol–water partition coefficient (Wildman–Crippen LogP) is 2.83. The molecule has 3 N–H and O–H groups in total. The number of aromatic nitrogens is 2. The maximum atomic E-state index is 12.8. The van der Waals surface area contributed by atoms with Gasteiger partial charge in [-0.15, -0.1) is 0 Å². The summed E-state index contributed by atoms with van der Waals surface area (Å²) in [6, 6.07) is 6.77. The maximum Gasteiger partial charge on any atom is 0.240 e. The van der Waals surface area contributed by atoms with Crippen LogP contribution in [0.4, 0.5) is 0 Å². The van der Waals surface area contributed by atoms with Crippen molar-refractivity contribution >= 4 is 31.8 Å². The molecular formula is C19H23N3O4S. The van der Waals surface area contributed by atoms with Gasteiger partial charge in [0, 0.05) is 28.4 Å². The van der Waals surface area contributed by atoms with Gasteiger partial charge in [-0.1, -0.05) is 19.3 Å². The zero-order valence-corrected chi connectivity index (χ0v) is 16.0. The zero-order chi connectivity index (χ0) is 19.0. The lowest BCUT2D eigenvalue weighted by Crippen LogP contribution is -2.36. The second-order valence-corrected chi connectivity index (χ2v) is 8.69. The van der Waals surface area contributed by atoms with Crippen molar-refractivity contribution in [3.05, 3.63) is 30.0 Å². The molecule has 7 nitrogen and oxygen atoms in total. The Bertz CT molecular complexity index is 1090. The number of aromatic amines is 1. The van der Waals surface area contributed by atoms with Crippen molar-refractivity contribution in [3.63, 3.8) is 0 Å². The van der Waals surface area contributed by atoms with Crippen LogP contribution in [0.25, 0.3) is 21.8 Å². The summed E-state index contributed by atoms with van der Waals surface area (Å²) in [4.78, 5) is 7.70. The van der Waals surface area contributed by atoms with E-state index in [-0.39, 0.29) is 17.5 Å². The molecule has 1 saturated carbocycles. The number of hydrogen-bond acceptors (Lipinski definition) is 5. The molecule has 1 fully saturated rings. The maximum absolute atomic E-state index is 12.8. The number of nitrogens with zero attached hydrogens (tertiary/aromatic N) is 1. The minimum Gasteiger partial charge on any atom is -0.481 e. The summed E-state index contributed by atoms with van der Waals surface area (Å²) < 4.78 is 33.8. The van der Waals surface area contributed by atoms with E-state index in [4.69, 9.17) is 4.74 Å². The van der Waals surface area contributed by atoms with E-state index < -0.39 is 10.0 Å². The van der Waals surface area contributed by atoms with Crippen molar-refractivity contribution < 1.29 is 18.3 Å². The number of benzene rings is 1. The molecule has 0 radical (unpaired) electrons. The lowest BCUT2D eigenvalue weighted by Gasteiger charge is -2.22. The van der Waals surface area contributed by atoms with Crippen LogP contribution in [0.2, 0.25) is 0 Å². The Morgan fingerprint density at radius 2 is 2.00 bits per heavy atom. The Balaban J connectivity index is 1.79. The molecule has 0 unspecified atom stereocenters. The zero-order valence-electron chi connectivity index (χ0n) is 15.2. The van der Waals surface area contributed by atoms with Gasteiger partial charge in [0.15, 0.2) is 0 Å². The van der Waals surface area contributed by atoms with Crippen LogP contribution in [-0.4, -0.2) is 36.6 Å². The van der Waals surface area contributed by atoms with Gasteiger partial charge in [0.05, 0.1) is 29.8 Å². The SMILES string of the molecule is COc1cc2c([nH]c3ccc(S(=O)(=O)NC4CCCCC4)cc32)c(CO)n1. The van der Waals surface area contributed by atoms with Crippen molar-refractivity contribution in [2.24, 2.45) is 0 Å². The van der Waals surface area contributed by atoms with Gasteiger partial charge in [-0.05, 0) is 31.0 Å². The van der Waals surface area contributed by atoms with Crippen molar-refractivity contribution in [2.75, 3.05) is 7.11 Å². The van der Waals surface area contributed by atoms with Crippen LogP contribution in [0.3, 0.4) is 0 Å². The van der Waals surface area contributed by atoms with Crippen LogP contribution in [-0.2, 0) is 16.6 Å². The summed E-state index contributed by atoms with van der Waals surface area (Å²) in [5.74, 6) is 0.376. The van der Waals surface area contributed by atoms with Crippen LogP contribution in [0.1, 0.15) is 37.8 Å². The van der Waals surface area contributed by atoms with Gasteiger partial charge in [0.1, 0.15) is 0 Å². The third-order valence-corrected chi connectivity index (χ3v) is 6.73. The molecule has 0 atom stereocenters. The fraction of sp³-hybridized carbons (Fsp3) is 0.421. The number of rotatable bonds is 5. The first-order chi connectivity index (χ1) is 13.0. The number of nitrogens with one attached hydrogen (secondary N) is 2. The lowest BCUT2D eigenvalue weighted by atomic mass is 9.96. The van der Waals surface area contributed by atoms with E-state index in [9.17, 15) is 13.5 Å². The van der Waals surface area contributed by atoms with E-state index >= 15 is 0 Å². The third-order valence-electron chi connectivity index (χ3n) is 5.21. The Morgan fingerprint density at radius 3 is 2.70 bits per heavy atom. The van der Waals surface area contributed by atoms with Gasteiger partial charge in [-0.3, -0.25) is 0 Å². The van der Waals surface area contributed by atoms with Gasteiger partial charge < -0.3 is 14.8 Å². The highest BCUT2D eigenvalue weighted by Gasteiger charge is 2.23. The molecule has 0 spiro atoms. The normalized spacial score (nSPS) is 16.2. The summed E-state index contributed by atoms with van der Waals surface area (Å²) in [7, 11) is -2.08. The van der Waals surface area contributed by atoms with Crippen molar-refractivity contribution in [1.29, 1.82) is 0 Å². The number of fused-ring (bicyclic) bond motifs is 3. The average Bonchev–Trinajstić information content (AvgIpc) is 3.05. The molecule has 2 heterocycles. The second-order valence-electron chi connectivity index (χ2n) is 6.98. The quantitative estimate of drug-likeness (QED) is 0.622. The Kier molecular flexibility index (Phi) is 4.79. The summed E-state index contributed by atoms with van der Waals surface area (Å²) in [6.07, 6.45) is 5.06. The second kappa shape index (κ2) is 7.10. The largest absolute Gasteiger partial charge is 0.481 e. The Labute approximate surface area is 157 Å². The molecule has 1 aromatic carbocycles. The molecule has 4 rings (SSSR count). The number of ether oxygens (including phenoxy) is 1. The molecule has 8 heteroatoms. The highest BCUT2D eigenvalue weighted by molar-refractivity contribution is 7.89. The third kappa shape index (κ3) is 3.40. The summed E-state index contributed by atoms with van der Waals surface area (Å²) in [5, 5.41) is 11.1. The highest BCUT2D eigenvalue weighted by Crippen LogP contribution is 2.31. The number of hydrogen-bond donors (Lipinski definition) is 3. The number of pyridine rings is 1. The first-order valence-electron chi connectivity index (χ1n) is 9.14. The average molecular weight is 389 g/mol. The number of methoxy groups -OCH3 is 1. The first-order valence-corrected chi connectivity index (χ1v) is 10.6. The number of H-pyrrole nitrogens is 1. The molecule has 0 saturated heterocycles. The fourth-order valence-corrected chi connectivity index (χ4v) is 5.14. The minimum atomic E-state index is -3.59. The first kappa shape index (κ1) is 18.2. The predicted molar refractivity (Wildman–Crippen MR) is 103 cm³/mol. The van der Waals surface area contributed by atoms with Crippen LogP contribution in [0, 0.1) is 0 Å². The summed E-state index contributed by atoms with van der Waals surface area (Å²) in [5.41, 5.74) is 1.93. The monoisotopic (exact) mass is 389 g/mol. The van der Waals surface area contributed by atoms with Crippen LogP contribution in [0.5, 0.6) is 5.88 Å². The molecule has 144 valence electrons. The van der Waals surface area contributed by atoms with Gasteiger partial charge in [-0.25, -0.2) is 18.1 Å². The number of sulfonamides is 1. The van der Waals surface area contributed by atoms with Crippen molar-refractivity contribution in [3.8, 4) is 5.88 Å². The van der Waals surface area contributed by atoms with Crippen molar-refractivity contribution in [1.82, 2.24) is 14.7 Å². The molecular weight excluding hydrogens is 366 g/mol. The van der Waals surface area contributed by atoms with E-state index in [1.165, 1.54) is 13.5 Å². The van der Waals surface area contributed by atoms with E-state index in [0.29, 0.717) is 17.1 Å². The smallest absolute Gasteiger partial charge is 0.240 e. The van der Waals surface area contributed by atoms with E-state index in [1.54, 1.807) is 24.3 Å². The molecule has 1 aliphatic carbocycles. The van der Waals surface area contributed by atoms with Gasteiger partial charge in [-0.2, -0.15) is 0 Å². The lowest BCUT2D eigenvalue weighted by molar-refractivity contribution is 0.276. The van der Waals surface area contributed by atoms with Crippen LogP contribution >= 0.6 is 0 Å². The highest BCUT2D eigenvalue weighted by atomic mass is 32.2. The van der Waals surface area contributed by atoms with Gasteiger partial charge in [0.2, 0.25) is 15.9 Å². The number of aliphatic hydroxyl groups excluding tert-OH is 1. The van der Waals surface area contributed by atoms with Gasteiger partial charge in [0.25, 0.3) is 0 Å². The standard InChI is InChI=1S/C19H23N3O4S/c1-26-18-10-15-14-9-13(27(24,25)22-12-5-3-2-4-6-12)7-8-16(14)21-19(15)17(11-23)20-18/h7-10,12,21-23H,2-6,11H2,1H3. The molecule has 1 aliphatic rings. The Hall–Kier alpha value is -2.16. The molecule has 0 aliphatic heterocycles. The molecule has 0 bridgehead atoms. The van der Waals surface area contributed by atoms with Gasteiger partial charge >= 0.3 is 0 Å². The number of aliphatic hydroxyl groups is 1. The Morgan fingerprint density at radius 1 is 1.22 bits per heavy atom. The van der Waals surface area contributed by atoms with E-state index in [1.807, 2.05) is 0 Å². The molecule has 3 aromatic rings. The van der Waals surface area contributed by atoms with Crippen LogP contribution < -0.4 is 9.46 Å². The molecule has 27 heavy (non-hydrogen) atoms. The molecule has 2 aromatic heterocycles. The minimum absolute atomic E-state index is 0.00713. The summed E-state index contributed by atoms with van der Waals surface area (Å²) in [6.45, 7) is -0.241. The van der Waals surface area contributed by atoms with E-state index in [0.717, 1.165) is 42.0 Å². The molecule has 0 amide bonds. The van der Waals surface area contributed by atoms with E-state index in [2.05, 4.69) is 14.7 Å². The fourth-order valence-electron chi connectivity index (χ4n) is 3.81. The topological polar surface area (TPSA) is 104 Å². The van der Waals surface area contributed by atoms with Crippen molar-refractivity contribution in [2.45, 2.75) is 49.6 Å².